The molecule has 102 valence electrons. The second kappa shape index (κ2) is 6.75. The molecular formula is C14H25N3O. The zero-order valence-corrected chi connectivity index (χ0v) is 11.9. The van der Waals surface area contributed by atoms with Gasteiger partial charge in [-0.05, 0) is 18.4 Å². The molecule has 0 aromatic rings. The number of rotatable bonds is 4. The van der Waals surface area contributed by atoms with Crippen molar-refractivity contribution in [2.45, 2.75) is 40.0 Å². The predicted octanol–water partition coefficient (Wildman–Crippen LogP) is 1.87. The van der Waals surface area contributed by atoms with E-state index in [2.05, 4.69) is 31.7 Å². The summed E-state index contributed by atoms with van der Waals surface area (Å²) in [5, 5.41) is 8.50. The number of carbonyl (C=O) groups excluding carboxylic acids is 1. The second-order valence-corrected chi connectivity index (χ2v) is 6.22. The lowest BCUT2D eigenvalue weighted by molar-refractivity contribution is -0.134. The van der Waals surface area contributed by atoms with Crippen LogP contribution in [0.4, 0.5) is 0 Å². The van der Waals surface area contributed by atoms with Crippen LogP contribution in [0.5, 0.6) is 0 Å². The molecule has 1 aliphatic rings. The Kier molecular flexibility index (Phi) is 5.61. The van der Waals surface area contributed by atoms with Gasteiger partial charge in [0.25, 0.3) is 0 Å². The van der Waals surface area contributed by atoms with Gasteiger partial charge in [-0.15, -0.1) is 0 Å². The number of hydrogen-bond donors (Lipinski definition) is 0. The van der Waals surface area contributed by atoms with Crippen LogP contribution in [0, 0.1) is 16.7 Å². The molecule has 0 unspecified atom stereocenters. The quantitative estimate of drug-likeness (QED) is 0.717. The molecule has 1 amide bonds. The highest BCUT2D eigenvalue weighted by molar-refractivity contribution is 5.76. The molecule has 4 nitrogen and oxygen atoms in total. The van der Waals surface area contributed by atoms with Crippen molar-refractivity contribution in [1.82, 2.24) is 9.80 Å². The number of amides is 1. The first-order chi connectivity index (χ1) is 8.42. The Hall–Kier alpha value is -1.08. The van der Waals surface area contributed by atoms with Crippen LogP contribution in [-0.4, -0.2) is 48.4 Å². The van der Waals surface area contributed by atoms with Crippen molar-refractivity contribution in [2.24, 2.45) is 5.41 Å². The molecule has 1 fully saturated rings. The van der Waals surface area contributed by atoms with Gasteiger partial charge in [0.15, 0.2) is 0 Å². The van der Waals surface area contributed by atoms with Gasteiger partial charge in [-0.3, -0.25) is 9.69 Å². The van der Waals surface area contributed by atoms with Crippen LogP contribution in [0.15, 0.2) is 0 Å². The zero-order chi connectivity index (χ0) is 13.6. The number of hydrogen-bond acceptors (Lipinski definition) is 3. The molecule has 0 aliphatic carbocycles. The van der Waals surface area contributed by atoms with E-state index in [1.165, 1.54) is 0 Å². The molecule has 1 rings (SSSR count). The van der Waals surface area contributed by atoms with Crippen LogP contribution in [0.2, 0.25) is 0 Å². The van der Waals surface area contributed by atoms with Crippen LogP contribution < -0.4 is 0 Å². The summed E-state index contributed by atoms with van der Waals surface area (Å²) in [5.41, 5.74) is 0.0704. The van der Waals surface area contributed by atoms with E-state index >= 15 is 0 Å². The second-order valence-electron chi connectivity index (χ2n) is 6.22. The molecule has 1 aliphatic heterocycles. The highest BCUT2D eigenvalue weighted by Crippen LogP contribution is 2.20. The third-order valence-electron chi connectivity index (χ3n) is 3.17. The van der Waals surface area contributed by atoms with Gasteiger partial charge in [0.05, 0.1) is 6.07 Å². The van der Waals surface area contributed by atoms with E-state index < -0.39 is 0 Å². The monoisotopic (exact) mass is 251 g/mol. The van der Waals surface area contributed by atoms with E-state index in [1.807, 2.05) is 4.90 Å². The topological polar surface area (TPSA) is 47.3 Å². The van der Waals surface area contributed by atoms with E-state index in [0.717, 1.165) is 39.1 Å². The Balaban J connectivity index is 2.27. The Morgan fingerprint density at radius 1 is 1.22 bits per heavy atom. The summed E-state index contributed by atoms with van der Waals surface area (Å²) in [6.07, 6.45) is 2.19. The Morgan fingerprint density at radius 2 is 1.83 bits per heavy atom. The maximum Gasteiger partial charge on any atom is 0.223 e. The van der Waals surface area contributed by atoms with E-state index in [-0.39, 0.29) is 11.3 Å². The highest BCUT2D eigenvalue weighted by Gasteiger charge is 2.24. The number of nitriles is 1. The van der Waals surface area contributed by atoms with E-state index in [0.29, 0.717) is 12.8 Å². The van der Waals surface area contributed by atoms with Gasteiger partial charge in [-0.2, -0.15) is 5.26 Å². The van der Waals surface area contributed by atoms with Gasteiger partial charge in [-0.25, -0.2) is 0 Å². The lowest BCUT2D eigenvalue weighted by atomic mass is 9.91. The maximum atomic E-state index is 12.0. The maximum absolute atomic E-state index is 12.0. The molecule has 0 spiro atoms. The standard InChI is InChI=1S/C14H25N3O/c1-14(2,3)12-13(18)17-10-8-16(9-11-17)7-5-4-6-15/h4-5,7-12H2,1-3H3. The Morgan fingerprint density at radius 3 is 2.33 bits per heavy atom. The van der Waals surface area contributed by atoms with Gasteiger partial charge in [0.1, 0.15) is 0 Å². The molecule has 4 heteroatoms. The molecule has 0 aromatic heterocycles. The van der Waals surface area contributed by atoms with Gasteiger partial charge in [-0.1, -0.05) is 20.8 Å². The Labute approximate surface area is 111 Å². The molecule has 1 heterocycles. The average molecular weight is 251 g/mol. The summed E-state index contributed by atoms with van der Waals surface area (Å²) in [6, 6.07) is 2.17. The summed E-state index contributed by atoms with van der Waals surface area (Å²) in [6.45, 7) is 10.8. The third kappa shape index (κ3) is 5.50. The summed E-state index contributed by atoms with van der Waals surface area (Å²) in [4.78, 5) is 16.4. The normalized spacial score (nSPS) is 17.6. The molecule has 1 saturated heterocycles. The van der Waals surface area contributed by atoms with Crippen LogP contribution >= 0.6 is 0 Å². The van der Waals surface area contributed by atoms with E-state index in [1.54, 1.807) is 0 Å². The minimum absolute atomic E-state index is 0.0704. The molecule has 0 atom stereocenters. The fraction of sp³-hybridized carbons (Fsp3) is 0.857. The lowest BCUT2D eigenvalue weighted by Crippen LogP contribution is -2.49. The number of carbonyl (C=O) groups is 1. The first-order valence-corrected chi connectivity index (χ1v) is 6.79. The molecular weight excluding hydrogens is 226 g/mol. The third-order valence-corrected chi connectivity index (χ3v) is 3.17. The number of piperazine rings is 1. The number of unbranched alkanes of at least 4 members (excludes halogenated alkanes) is 1. The van der Waals surface area contributed by atoms with Crippen LogP contribution in [0.25, 0.3) is 0 Å². The fourth-order valence-corrected chi connectivity index (χ4v) is 2.17. The van der Waals surface area contributed by atoms with Crippen molar-refractivity contribution in [2.75, 3.05) is 32.7 Å². The number of nitrogens with zero attached hydrogens (tertiary/aromatic N) is 3. The zero-order valence-electron chi connectivity index (χ0n) is 11.9. The van der Waals surface area contributed by atoms with Gasteiger partial charge < -0.3 is 4.90 Å². The summed E-state index contributed by atoms with van der Waals surface area (Å²) < 4.78 is 0. The predicted molar refractivity (Wildman–Crippen MR) is 71.9 cm³/mol. The van der Waals surface area contributed by atoms with Gasteiger partial charge in [0.2, 0.25) is 5.91 Å². The molecule has 0 radical (unpaired) electrons. The fourth-order valence-electron chi connectivity index (χ4n) is 2.17. The minimum atomic E-state index is 0.0704. The molecule has 0 bridgehead atoms. The first-order valence-electron chi connectivity index (χ1n) is 6.79. The van der Waals surface area contributed by atoms with Crippen LogP contribution in [-0.2, 0) is 4.79 Å². The molecule has 0 saturated carbocycles. The van der Waals surface area contributed by atoms with Crippen molar-refractivity contribution in [3.63, 3.8) is 0 Å². The van der Waals surface area contributed by atoms with E-state index in [4.69, 9.17) is 5.26 Å². The SMILES string of the molecule is CC(C)(C)CC(=O)N1CCN(CCCC#N)CC1. The molecule has 0 aromatic carbocycles. The summed E-state index contributed by atoms with van der Waals surface area (Å²) in [5.74, 6) is 0.277. The summed E-state index contributed by atoms with van der Waals surface area (Å²) >= 11 is 0. The van der Waals surface area contributed by atoms with Crippen molar-refractivity contribution >= 4 is 5.91 Å². The van der Waals surface area contributed by atoms with E-state index in [9.17, 15) is 4.79 Å². The first kappa shape index (κ1) is 15.0. The lowest BCUT2D eigenvalue weighted by Gasteiger charge is -2.35. The van der Waals surface area contributed by atoms with Crippen LogP contribution in [0.3, 0.4) is 0 Å². The van der Waals surface area contributed by atoms with Crippen molar-refractivity contribution in [1.29, 1.82) is 5.26 Å². The van der Waals surface area contributed by atoms with Crippen molar-refractivity contribution in [3.05, 3.63) is 0 Å². The largest absolute Gasteiger partial charge is 0.340 e. The highest BCUT2D eigenvalue weighted by atomic mass is 16.2. The van der Waals surface area contributed by atoms with Gasteiger partial charge in [0, 0.05) is 39.0 Å². The van der Waals surface area contributed by atoms with Crippen molar-refractivity contribution < 1.29 is 4.79 Å². The summed E-state index contributed by atoms with van der Waals surface area (Å²) in [7, 11) is 0. The van der Waals surface area contributed by atoms with Gasteiger partial charge >= 0.3 is 0 Å². The molecule has 0 N–H and O–H groups in total. The Bertz CT molecular complexity index is 306. The van der Waals surface area contributed by atoms with Crippen molar-refractivity contribution in [3.8, 4) is 6.07 Å². The molecule has 18 heavy (non-hydrogen) atoms. The smallest absolute Gasteiger partial charge is 0.223 e. The van der Waals surface area contributed by atoms with Crippen LogP contribution in [0.1, 0.15) is 40.0 Å². The minimum Gasteiger partial charge on any atom is -0.340 e. The average Bonchev–Trinajstić information content (AvgIpc) is 2.28.